The average molecular weight is 908 g/mol. The Bertz CT molecular complexity index is 2470. The number of carbonyl (C=O) groups excluding carboxylic acids is 2. The lowest BCUT2D eigenvalue weighted by Crippen LogP contribution is -2.51. The number of nitrogens with zero attached hydrogens (tertiary/aromatic N) is 5. The van der Waals surface area contributed by atoms with Crippen LogP contribution in [-0.4, -0.2) is 90.7 Å². The first-order chi connectivity index (χ1) is 30.9. The molecule has 1 spiro atoms. The third-order valence-corrected chi connectivity index (χ3v) is 18.0. The molecule has 64 heavy (non-hydrogen) atoms. The molecule has 0 aliphatic carbocycles. The molecule has 0 saturated carbocycles. The summed E-state index contributed by atoms with van der Waals surface area (Å²) < 4.78 is 20.5. The van der Waals surface area contributed by atoms with Gasteiger partial charge in [-0.15, -0.1) is 5.10 Å². The second-order valence-electron chi connectivity index (χ2n) is 17.7. The number of hydrogen-bond donors (Lipinski definition) is 3. The minimum Gasteiger partial charge on any atom is -0.497 e. The van der Waals surface area contributed by atoms with Gasteiger partial charge in [-0.25, -0.2) is 0 Å². The molecule has 0 bridgehead atoms. The lowest BCUT2D eigenvalue weighted by Gasteiger charge is -2.37. The van der Waals surface area contributed by atoms with Gasteiger partial charge >= 0.3 is 0 Å². The predicted octanol–water partition coefficient (Wildman–Crippen LogP) is 6.68. The van der Waals surface area contributed by atoms with Crippen LogP contribution in [-0.2, 0) is 45.9 Å². The molecule has 1 saturated heterocycles. The minimum absolute atomic E-state index is 0.000919. The molecule has 5 atom stereocenters. The largest absolute Gasteiger partial charge is 0.497 e. The van der Waals surface area contributed by atoms with Gasteiger partial charge in [0.2, 0.25) is 5.91 Å². The molecule has 4 aromatic carbocycles. The van der Waals surface area contributed by atoms with E-state index in [1.54, 1.807) is 16.7 Å². The Kier molecular flexibility index (Phi) is 13.6. The molecular formula is C49H59ClN6O7Si. The number of aliphatic hydroxyl groups excluding tert-OH is 2. The van der Waals surface area contributed by atoms with E-state index in [0.29, 0.717) is 61.8 Å². The van der Waals surface area contributed by atoms with Crippen LogP contribution in [0.3, 0.4) is 0 Å². The number of methoxy groups -OCH3 is 1. The summed E-state index contributed by atoms with van der Waals surface area (Å²) >= 11 is 6.81. The van der Waals surface area contributed by atoms with E-state index in [9.17, 15) is 15.0 Å². The topological polar surface area (TPSA) is 152 Å². The maximum atomic E-state index is 15.6. The first kappa shape index (κ1) is 45.5. The van der Waals surface area contributed by atoms with Crippen LogP contribution in [0.4, 0.5) is 17.1 Å². The number of amides is 2. The summed E-state index contributed by atoms with van der Waals surface area (Å²) in [6.07, 6.45) is 4.47. The van der Waals surface area contributed by atoms with Crippen molar-refractivity contribution in [2.45, 2.75) is 95.4 Å². The Morgan fingerprint density at radius 3 is 2.50 bits per heavy atom. The quantitative estimate of drug-likeness (QED) is 0.0642. The van der Waals surface area contributed by atoms with E-state index in [4.69, 9.17) is 25.8 Å². The van der Waals surface area contributed by atoms with E-state index >= 15 is 4.79 Å². The van der Waals surface area contributed by atoms with E-state index < -0.39 is 19.7 Å². The Morgan fingerprint density at radius 2 is 1.75 bits per heavy atom. The summed E-state index contributed by atoms with van der Waals surface area (Å²) in [7, 11) is -0.757. The number of anilines is 3. The van der Waals surface area contributed by atoms with Gasteiger partial charge in [-0.2, -0.15) is 0 Å². The third kappa shape index (κ3) is 8.59. The zero-order valence-electron chi connectivity index (χ0n) is 37.3. The van der Waals surface area contributed by atoms with Gasteiger partial charge in [-0.1, -0.05) is 66.3 Å². The van der Waals surface area contributed by atoms with Gasteiger partial charge in [-0.3, -0.25) is 19.2 Å². The lowest BCUT2D eigenvalue weighted by molar-refractivity contribution is -0.146. The van der Waals surface area contributed by atoms with Crippen LogP contribution in [0.15, 0.2) is 91.1 Å². The lowest BCUT2D eigenvalue weighted by atomic mass is 9.82. The summed E-state index contributed by atoms with van der Waals surface area (Å²) in [6, 6.07) is 27.2. The Balaban J connectivity index is 1.14. The number of aryl methyl sites for hydroxylation is 1. The van der Waals surface area contributed by atoms with Crippen molar-refractivity contribution in [2.75, 3.05) is 43.3 Å². The molecule has 3 aliphatic rings. The minimum atomic E-state index is -2.42. The molecule has 15 heteroatoms. The van der Waals surface area contributed by atoms with E-state index in [2.05, 4.69) is 47.8 Å². The van der Waals surface area contributed by atoms with Crippen molar-refractivity contribution in [1.29, 1.82) is 0 Å². The number of aromatic nitrogens is 3. The van der Waals surface area contributed by atoms with Crippen molar-refractivity contribution >= 4 is 53.7 Å². The molecule has 3 aliphatic heterocycles. The number of aliphatic hydroxyl groups is 2. The number of carbonyl (C=O) groups is 2. The first-order valence-corrected chi connectivity index (χ1v) is 25.9. The summed E-state index contributed by atoms with van der Waals surface area (Å²) in [6.45, 7) is 10.8. The molecule has 13 nitrogen and oxygen atoms in total. The van der Waals surface area contributed by atoms with Crippen LogP contribution in [0, 0.1) is 5.92 Å². The van der Waals surface area contributed by atoms with Crippen LogP contribution in [0.25, 0.3) is 0 Å². The molecule has 1 aromatic heterocycles. The van der Waals surface area contributed by atoms with E-state index in [-0.39, 0.29) is 49.1 Å². The van der Waals surface area contributed by atoms with Crippen molar-refractivity contribution in [1.82, 2.24) is 20.3 Å². The van der Waals surface area contributed by atoms with Gasteiger partial charge in [0, 0.05) is 54.6 Å². The van der Waals surface area contributed by atoms with Crippen LogP contribution in [0.5, 0.6) is 11.5 Å². The zero-order chi connectivity index (χ0) is 45.2. The zero-order valence-corrected chi connectivity index (χ0v) is 39.1. The number of ether oxygens (including phenoxy) is 3. The molecule has 1 fully saturated rings. The van der Waals surface area contributed by atoms with Crippen molar-refractivity contribution in [2.24, 2.45) is 5.92 Å². The van der Waals surface area contributed by atoms with E-state index in [1.807, 2.05) is 90.8 Å². The third-order valence-electron chi connectivity index (χ3n) is 13.4. The summed E-state index contributed by atoms with van der Waals surface area (Å²) in [5.74, 6) is 1.08. The smallest absolute Gasteiger partial charge is 0.264 e. The van der Waals surface area contributed by atoms with E-state index in [0.717, 1.165) is 46.0 Å². The van der Waals surface area contributed by atoms with Crippen molar-refractivity contribution < 1.29 is 34.0 Å². The van der Waals surface area contributed by atoms with Gasteiger partial charge in [0.25, 0.3) is 5.91 Å². The molecule has 338 valence electrons. The van der Waals surface area contributed by atoms with Crippen LogP contribution in [0.2, 0.25) is 23.7 Å². The second-order valence-corrected chi connectivity index (χ2v) is 22.8. The second kappa shape index (κ2) is 19.2. The molecule has 5 aromatic rings. The fourth-order valence-electron chi connectivity index (χ4n) is 10.3. The van der Waals surface area contributed by atoms with Gasteiger partial charge in [0.15, 0.2) is 5.60 Å². The van der Waals surface area contributed by atoms with Gasteiger partial charge in [0.05, 0.1) is 57.5 Å². The highest BCUT2D eigenvalue weighted by Gasteiger charge is 2.66. The molecule has 3 N–H and O–H groups in total. The number of unbranched alkanes of at least 4 members (excludes halogenated alkanes) is 1. The monoisotopic (exact) mass is 906 g/mol. The summed E-state index contributed by atoms with van der Waals surface area (Å²) in [4.78, 5) is 33.6. The predicted molar refractivity (Wildman–Crippen MR) is 251 cm³/mol. The van der Waals surface area contributed by atoms with Crippen LogP contribution >= 0.6 is 11.6 Å². The first-order valence-electron chi connectivity index (χ1n) is 22.4. The van der Waals surface area contributed by atoms with Gasteiger partial charge in [0.1, 0.15) is 11.5 Å². The van der Waals surface area contributed by atoms with Crippen LogP contribution < -0.4 is 29.8 Å². The highest BCUT2D eigenvalue weighted by atomic mass is 35.5. The van der Waals surface area contributed by atoms with Crippen molar-refractivity contribution in [3.05, 3.63) is 119 Å². The maximum Gasteiger partial charge on any atom is 0.264 e. The summed E-state index contributed by atoms with van der Waals surface area (Å²) in [5.41, 5.74) is 4.22. The van der Waals surface area contributed by atoms with Crippen LogP contribution in [0.1, 0.15) is 55.5 Å². The molecule has 2 amide bonds. The number of benzene rings is 4. The molecule has 0 radical (unpaired) electrons. The maximum absolute atomic E-state index is 15.6. The van der Waals surface area contributed by atoms with Gasteiger partial charge in [-0.05, 0) is 116 Å². The average Bonchev–Trinajstić information content (AvgIpc) is 3.94. The van der Waals surface area contributed by atoms with Crippen molar-refractivity contribution in [3.63, 3.8) is 0 Å². The number of rotatable bonds is 18. The normalized spacial score (nSPS) is 21.8. The molecule has 1 unspecified atom stereocenters. The Hall–Kier alpha value is -5.09. The molecule has 4 heterocycles. The number of hydrogen-bond acceptors (Lipinski definition) is 10. The SMILES string of the molecule is CCOc1ccc2c(c1)CC(NCCCCO)C(=O)N2c1cccc(CN2C(=O)[C@@]3(O[C@@H](CCn4cc(CCO)nn4)[C@H]([Si](C)(C)c4ccc(OC)cc4)[C@H]3C)c3cc(Cl)ccc32)c1. The number of nitrogens with one attached hydrogen (secondary N) is 1. The van der Waals surface area contributed by atoms with Crippen molar-refractivity contribution in [3.8, 4) is 11.5 Å². The fraction of sp³-hybridized carbons (Fsp3) is 0.429. The van der Waals surface area contributed by atoms with Gasteiger partial charge < -0.3 is 34.6 Å². The molecule has 8 rings (SSSR count). The number of halogens is 1. The Labute approximate surface area is 381 Å². The Morgan fingerprint density at radius 1 is 0.969 bits per heavy atom. The fourth-order valence-corrected chi connectivity index (χ4v) is 14.6. The number of fused-ring (bicyclic) bond motifs is 3. The standard InChI is InChI=1S/C49H59ClN6O7Si/c1-6-62-39-15-19-43-34(27-39)28-42(51-22-7-8-24-57)47(59)56(43)37-11-9-10-33(26-37)30-55-44-18-12-35(50)29-41(44)49(48(55)60)32(2)46(64(4,5)40-16-13-38(61-3)14-17-40)45(63-49)20-23-54-31-36(21-25-58)52-53-54/h9-19,26-27,29,31-32,42,45-46,51,57-58H,6-8,20-25,28,30H2,1-5H3/t32-,42?,45+,46-,49+/m1/s1. The van der Waals surface area contributed by atoms with E-state index in [1.165, 1.54) is 5.19 Å². The summed E-state index contributed by atoms with van der Waals surface area (Å²) in [5, 5.41) is 32.7. The highest BCUT2D eigenvalue weighted by molar-refractivity contribution is 6.91. The molecular weight excluding hydrogens is 848 g/mol. The highest BCUT2D eigenvalue weighted by Crippen LogP contribution is 2.60.